The van der Waals surface area contributed by atoms with Gasteiger partial charge in [0.1, 0.15) is 11.5 Å². The lowest BCUT2D eigenvalue weighted by atomic mass is 9.44. The van der Waals surface area contributed by atoms with Crippen molar-refractivity contribution >= 4 is 0 Å². The van der Waals surface area contributed by atoms with Crippen molar-refractivity contribution in [3.8, 4) is 0 Å². The van der Waals surface area contributed by atoms with Crippen LogP contribution in [-0.4, -0.2) is 21.0 Å². The monoisotopic (exact) mass is 387 g/mol. The lowest BCUT2D eigenvalue weighted by molar-refractivity contribution is -0.144. The van der Waals surface area contributed by atoms with Gasteiger partial charge >= 0.3 is 0 Å². The normalized spacial score (nSPS) is 50.7. The van der Waals surface area contributed by atoms with Crippen LogP contribution >= 0.6 is 0 Å². The molecule has 0 aromatic carbocycles. The second-order valence-electron chi connectivity index (χ2n) is 11.4. The van der Waals surface area contributed by atoms with E-state index in [1.54, 1.807) is 0 Å². The minimum absolute atomic E-state index is 0.0371. The maximum Gasteiger partial charge on any atom is 0.140 e. The fourth-order valence-electron chi connectivity index (χ4n) is 8.47. The highest BCUT2D eigenvalue weighted by molar-refractivity contribution is 5.19. The van der Waals surface area contributed by atoms with Crippen molar-refractivity contribution < 1.29 is 14.7 Å². The van der Waals surface area contributed by atoms with Gasteiger partial charge in [-0.05, 0) is 99.2 Å². The van der Waals surface area contributed by atoms with E-state index < -0.39 is 5.60 Å². The van der Waals surface area contributed by atoms with Crippen LogP contribution in [0.2, 0.25) is 0 Å². The van der Waals surface area contributed by atoms with Gasteiger partial charge in [0.25, 0.3) is 0 Å². The Bertz CT molecular complexity index is 742. The summed E-state index contributed by atoms with van der Waals surface area (Å²) < 4.78 is 5.68. The number of fused-ring (bicyclic) bond motifs is 5. The van der Waals surface area contributed by atoms with Crippen molar-refractivity contribution in [3.05, 3.63) is 17.5 Å². The van der Waals surface area contributed by atoms with Gasteiger partial charge in [0, 0.05) is 12.0 Å². The topological polar surface area (TPSA) is 66.5 Å². The van der Waals surface area contributed by atoms with Crippen LogP contribution in [0.25, 0.3) is 0 Å². The first kappa shape index (κ1) is 19.1. The van der Waals surface area contributed by atoms with E-state index in [0.29, 0.717) is 28.4 Å². The van der Waals surface area contributed by atoms with Crippen LogP contribution in [-0.2, 0) is 6.61 Å². The van der Waals surface area contributed by atoms with Crippen molar-refractivity contribution in [3.63, 3.8) is 0 Å². The summed E-state index contributed by atoms with van der Waals surface area (Å²) in [6.07, 6.45) is 10.9. The molecule has 4 heteroatoms. The molecule has 4 fully saturated rings. The predicted octanol–water partition coefficient (Wildman–Crippen LogP) is 5.04. The average Bonchev–Trinajstić information content (AvgIpc) is 3.25. The Balaban J connectivity index is 1.41. The molecule has 4 unspecified atom stereocenters. The molecule has 1 aromatic rings. The van der Waals surface area contributed by atoms with E-state index in [1.807, 2.05) is 6.07 Å². The van der Waals surface area contributed by atoms with E-state index in [2.05, 4.69) is 25.9 Å². The third-order valence-electron chi connectivity index (χ3n) is 10.0. The van der Waals surface area contributed by atoms with Crippen LogP contribution < -0.4 is 0 Å². The Hall–Kier alpha value is -0.870. The second-order valence-corrected chi connectivity index (χ2v) is 11.4. The van der Waals surface area contributed by atoms with Gasteiger partial charge in [0.2, 0.25) is 0 Å². The molecule has 4 aliphatic carbocycles. The summed E-state index contributed by atoms with van der Waals surface area (Å²) in [5, 5.41) is 24.1. The molecule has 4 saturated carbocycles. The van der Waals surface area contributed by atoms with Gasteiger partial charge in [0.05, 0.1) is 12.2 Å². The van der Waals surface area contributed by atoms with Crippen LogP contribution in [0.5, 0.6) is 0 Å². The van der Waals surface area contributed by atoms with E-state index in [0.717, 1.165) is 36.4 Å². The quantitative estimate of drug-likeness (QED) is 0.746. The number of nitrogens with zero attached hydrogens (tertiary/aromatic N) is 1. The lowest BCUT2D eigenvalue weighted by Crippen LogP contribution is -2.55. The van der Waals surface area contributed by atoms with Gasteiger partial charge in [-0.2, -0.15) is 0 Å². The molecule has 156 valence electrons. The molecule has 1 heterocycles. The highest BCUT2D eigenvalue weighted by atomic mass is 16.5. The summed E-state index contributed by atoms with van der Waals surface area (Å²) >= 11 is 0. The summed E-state index contributed by atoms with van der Waals surface area (Å²) in [7, 11) is 0. The zero-order valence-corrected chi connectivity index (χ0v) is 17.8. The second kappa shape index (κ2) is 6.31. The highest BCUT2D eigenvalue weighted by Crippen LogP contribution is 2.69. The zero-order chi connectivity index (χ0) is 19.7. The number of hydrogen-bond donors (Lipinski definition) is 2. The molecule has 4 aliphatic rings. The molecule has 0 amide bonds. The standard InChI is InChI=1S/C24H37NO3/c1-22(27)10-11-23(2)15(13-22)4-5-17-18-6-7-20(21-12-16(14-26)25-28-21)24(18,3)9-8-19(17)23/h12,15,17-20,26-27H,4-11,13-14H2,1-3H3/t15-,17?,18?,19?,20?,22+,23-,24-/m0/s1. The summed E-state index contributed by atoms with van der Waals surface area (Å²) in [4.78, 5) is 0. The minimum Gasteiger partial charge on any atom is -0.390 e. The molecule has 8 atom stereocenters. The third kappa shape index (κ3) is 2.66. The van der Waals surface area contributed by atoms with Crippen LogP contribution in [0, 0.1) is 34.5 Å². The molecule has 28 heavy (non-hydrogen) atoms. The van der Waals surface area contributed by atoms with Gasteiger partial charge in [0.15, 0.2) is 0 Å². The van der Waals surface area contributed by atoms with Crippen LogP contribution in [0.15, 0.2) is 10.6 Å². The fraction of sp³-hybridized carbons (Fsp3) is 0.875. The summed E-state index contributed by atoms with van der Waals surface area (Å²) in [6, 6.07) is 1.99. The first-order valence-corrected chi connectivity index (χ1v) is 11.6. The van der Waals surface area contributed by atoms with Gasteiger partial charge in [-0.15, -0.1) is 0 Å². The van der Waals surface area contributed by atoms with Crippen molar-refractivity contribution in [2.45, 2.75) is 96.7 Å². The minimum atomic E-state index is -0.449. The van der Waals surface area contributed by atoms with E-state index in [4.69, 9.17) is 4.52 Å². The summed E-state index contributed by atoms with van der Waals surface area (Å²) in [5.41, 5.74) is 0.936. The highest BCUT2D eigenvalue weighted by Gasteiger charge is 2.61. The molecule has 4 nitrogen and oxygen atoms in total. The number of rotatable bonds is 2. The van der Waals surface area contributed by atoms with Gasteiger partial charge in [-0.3, -0.25) is 0 Å². The number of aliphatic hydroxyl groups excluding tert-OH is 1. The van der Waals surface area contributed by atoms with Crippen LogP contribution in [0.1, 0.15) is 95.9 Å². The summed E-state index contributed by atoms with van der Waals surface area (Å²) in [5.74, 6) is 4.57. The Morgan fingerprint density at radius 2 is 1.79 bits per heavy atom. The maximum atomic E-state index is 10.7. The number of aromatic nitrogens is 1. The Kier molecular flexibility index (Phi) is 4.31. The largest absolute Gasteiger partial charge is 0.390 e. The zero-order valence-electron chi connectivity index (χ0n) is 17.8. The van der Waals surface area contributed by atoms with E-state index in [-0.39, 0.29) is 6.61 Å². The smallest absolute Gasteiger partial charge is 0.140 e. The van der Waals surface area contributed by atoms with Crippen LogP contribution in [0.4, 0.5) is 0 Å². The molecule has 0 spiro atoms. The number of hydrogen-bond acceptors (Lipinski definition) is 4. The number of aliphatic hydroxyl groups is 2. The summed E-state index contributed by atoms with van der Waals surface area (Å²) in [6.45, 7) is 7.08. The first-order chi connectivity index (χ1) is 13.3. The Morgan fingerprint density at radius 3 is 2.54 bits per heavy atom. The molecule has 2 N–H and O–H groups in total. The van der Waals surface area contributed by atoms with E-state index in [1.165, 1.54) is 44.9 Å². The molecular weight excluding hydrogens is 350 g/mol. The SMILES string of the molecule is C[C@@]1(O)CC[C@]2(C)C3CC[C@]4(C)C(c5cc(CO)no5)CCC4C3CC[C@H]2C1. The van der Waals surface area contributed by atoms with Gasteiger partial charge in [-0.1, -0.05) is 19.0 Å². The average molecular weight is 388 g/mol. The van der Waals surface area contributed by atoms with Crippen molar-refractivity contribution in [1.82, 2.24) is 5.16 Å². The molecule has 1 aromatic heterocycles. The predicted molar refractivity (Wildman–Crippen MR) is 108 cm³/mol. The molecular formula is C24H37NO3. The van der Waals surface area contributed by atoms with E-state index in [9.17, 15) is 10.2 Å². The Labute approximate surface area is 169 Å². The fourth-order valence-corrected chi connectivity index (χ4v) is 8.47. The molecule has 0 bridgehead atoms. The third-order valence-corrected chi connectivity index (χ3v) is 10.0. The van der Waals surface area contributed by atoms with E-state index >= 15 is 0 Å². The molecule has 0 aliphatic heterocycles. The Morgan fingerprint density at radius 1 is 1.00 bits per heavy atom. The van der Waals surface area contributed by atoms with Gasteiger partial charge < -0.3 is 14.7 Å². The molecule has 5 rings (SSSR count). The maximum absolute atomic E-state index is 10.7. The van der Waals surface area contributed by atoms with Crippen LogP contribution in [0.3, 0.4) is 0 Å². The molecule has 0 saturated heterocycles. The van der Waals surface area contributed by atoms with Crippen molar-refractivity contribution in [2.24, 2.45) is 34.5 Å². The van der Waals surface area contributed by atoms with Gasteiger partial charge in [-0.25, -0.2) is 0 Å². The lowest BCUT2D eigenvalue weighted by Gasteiger charge is -2.61. The van der Waals surface area contributed by atoms with Crippen molar-refractivity contribution in [1.29, 1.82) is 0 Å². The first-order valence-electron chi connectivity index (χ1n) is 11.6. The van der Waals surface area contributed by atoms with Crippen molar-refractivity contribution in [2.75, 3.05) is 0 Å². The molecule has 0 radical (unpaired) electrons.